The van der Waals surface area contributed by atoms with Gasteiger partial charge in [-0.15, -0.1) is 10.2 Å². The van der Waals surface area contributed by atoms with Gasteiger partial charge >= 0.3 is 0 Å². The standard InChI is InChI=1S/C21H25N5O2S/c1-13(2)18(19-14(3)6-5-11-22-19)23-12-17-25-26-21(29-17)20(27)24-15-7-9-16(28-4)10-8-15/h5-11,13,18,23H,12H2,1-4H3,(H,24,27). The van der Waals surface area contributed by atoms with Crippen LogP contribution in [0.1, 0.15) is 46.0 Å². The minimum absolute atomic E-state index is 0.0941. The van der Waals surface area contributed by atoms with Crippen molar-refractivity contribution in [2.75, 3.05) is 12.4 Å². The van der Waals surface area contributed by atoms with Gasteiger partial charge in [0.15, 0.2) is 0 Å². The molecule has 1 aromatic carbocycles. The molecule has 3 rings (SSSR count). The van der Waals surface area contributed by atoms with E-state index >= 15 is 0 Å². The van der Waals surface area contributed by atoms with E-state index in [1.165, 1.54) is 11.3 Å². The lowest BCUT2D eigenvalue weighted by Crippen LogP contribution is -2.27. The number of nitrogens with zero attached hydrogens (tertiary/aromatic N) is 3. The maximum atomic E-state index is 12.4. The first-order valence-electron chi connectivity index (χ1n) is 9.40. The molecule has 0 aliphatic heterocycles. The molecule has 2 N–H and O–H groups in total. The highest BCUT2D eigenvalue weighted by atomic mass is 32.1. The smallest absolute Gasteiger partial charge is 0.286 e. The highest BCUT2D eigenvalue weighted by Gasteiger charge is 2.20. The number of carbonyl (C=O) groups excluding carboxylic acids is 1. The van der Waals surface area contributed by atoms with Crippen LogP contribution in [0, 0.1) is 12.8 Å². The summed E-state index contributed by atoms with van der Waals surface area (Å²) in [5.41, 5.74) is 2.86. The third kappa shape index (κ3) is 5.36. The van der Waals surface area contributed by atoms with Gasteiger partial charge in [-0.2, -0.15) is 0 Å². The fraction of sp³-hybridized carbons (Fsp3) is 0.333. The maximum Gasteiger partial charge on any atom is 0.286 e. The topological polar surface area (TPSA) is 89.0 Å². The summed E-state index contributed by atoms with van der Waals surface area (Å²) in [7, 11) is 1.60. The number of aryl methyl sites for hydroxylation is 1. The Morgan fingerprint density at radius 2 is 1.93 bits per heavy atom. The van der Waals surface area contributed by atoms with E-state index in [2.05, 4.69) is 52.7 Å². The Bertz CT molecular complexity index is 956. The van der Waals surface area contributed by atoms with Crippen LogP contribution in [0.4, 0.5) is 5.69 Å². The van der Waals surface area contributed by atoms with E-state index in [4.69, 9.17) is 4.74 Å². The van der Waals surface area contributed by atoms with Crippen LogP contribution in [0.25, 0.3) is 0 Å². The van der Waals surface area contributed by atoms with Crippen molar-refractivity contribution >= 4 is 22.9 Å². The Morgan fingerprint density at radius 1 is 1.17 bits per heavy atom. The van der Waals surface area contributed by atoms with Crippen LogP contribution in [0.15, 0.2) is 42.6 Å². The van der Waals surface area contributed by atoms with Gasteiger partial charge in [0.1, 0.15) is 10.8 Å². The van der Waals surface area contributed by atoms with E-state index in [0.29, 0.717) is 23.2 Å². The number of hydrogen-bond donors (Lipinski definition) is 2. The molecule has 0 spiro atoms. The quantitative estimate of drug-likeness (QED) is 0.583. The average molecular weight is 412 g/mol. The number of ether oxygens (including phenoxy) is 1. The van der Waals surface area contributed by atoms with Crippen molar-refractivity contribution in [3.05, 3.63) is 63.9 Å². The second kappa shape index (κ2) is 9.58. The van der Waals surface area contributed by atoms with Crippen LogP contribution in [0.3, 0.4) is 0 Å². The number of amides is 1. The Balaban J connectivity index is 1.63. The largest absolute Gasteiger partial charge is 0.497 e. The number of hydrogen-bond acceptors (Lipinski definition) is 7. The molecule has 1 unspecified atom stereocenters. The van der Waals surface area contributed by atoms with Gasteiger partial charge in [0, 0.05) is 11.9 Å². The molecular weight excluding hydrogens is 386 g/mol. The van der Waals surface area contributed by atoms with Crippen LogP contribution in [0.5, 0.6) is 5.75 Å². The van der Waals surface area contributed by atoms with Gasteiger partial charge in [-0.25, -0.2) is 0 Å². The molecule has 0 aliphatic rings. The van der Waals surface area contributed by atoms with Gasteiger partial charge in [-0.05, 0) is 48.7 Å². The van der Waals surface area contributed by atoms with Crippen molar-refractivity contribution in [3.63, 3.8) is 0 Å². The summed E-state index contributed by atoms with van der Waals surface area (Å²) < 4.78 is 5.12. The molecule has 2 aromatic heterocycles. The Morgan fingerprint density at radius 3 is 2.59 bits per heavy atom. The second-order valence-electron chi connectivity index (χ2n) is 6.99. The summed E-state index contributed by atoms with van der Waals surface area (Å²) in [5.74, 6) is 0.810. The van der Waals surface area contributed by atoms with Crippen molar-refractivity contribution in [1.82, 2.24) is 20.5 Å². The predicted octanol–water partition coefficient (Wildman–Crippen LogP) is 3.99. The van der Waals surface area contributed by atoms with Crippen molar-refractivity contribution in [1.29, 1.82) is 0 Å². The number of anilines is 1. The number of pyridine rings is 1. The summed E-state index contributed by atoms with van der Waals surface area (Å²) >= 11 is 1.28. The lowest BCUT2D eigenvalue weighted by atomic mass is 9.97. The number of rotatable bonds is 8. The monoisotopic (exact) mass is 411 g/mol. The van der Waals surface area contributed by atoms with E-state index < -0.39 is 0 Å². The number of nitrogens with one attached hydrogen (secondary N) is 2. The normalized spacial score (nSPS) is 12.0. The zero-order valence-electron chi connectivity index (χ0n) is 17.0. The first-order chi connectivity index (χ1) is 14.0. The van der Waals surface area contributed by atoms with Gasteiger partial charge in [0.05, 0.1) is 25.4 Å². The van der Waals surface area contributed by atoms with Crippen LogP contribution < -0.4 is 15.4 Å². The number of aromatic nitrogens is 3. The van der Waals surface area contributed by atoms with Crippen molar-refractivity contribution in [3.8, 4) is 5.75 Å². The van der Waals surface area contributed by atoms with Crippen molar-refractivity contribution in [2.45, 2.75) is 33.4 Å². The molecule has 3 aromatic rings. The Kier molecular flexibility index (Phi) is 6.90. The summed E-state index contributed by atoms with van der Waals surface area (Å²) in [4.78, 5) is 17.0. The van der Waals surface area contributed by atoms with E-state index in [1.807, 2.05) is 12.3 Å². The van der Waals surface area contributed by atoms with Crippen LogP contribution in [0.2, 0.25) is 0 Å². The third-order valence-corrected chi connectivity index (χ3v) is 5.42. The molecule has 0 radical (unpaired) electrons. The molecule has 1 amide bonds. The molecule has 0 saturated carbocycles. The molecule has 0 saturated heterocycles. The molecule has 1 atom stereocenters. The van der Waals surface area contributed by atoms with Crippen molar-refractivity contribution < 1.29 is 9.53 Å². The number of benzene rings is 1. The first-order valence-corrected chi connectivity index (χ1v) is 10.2. The highest BCUT2D eigenvalue weighted by molar-refractivity contribution is 7.13. The van der Waals surface area contributed by atoms with Gasteiger partial charge in [0.25, 0.3) is 5.91 Å². The van der Waals surface area contributed by atoms with Gasteiger partial charge < -0.3 is 15.4 Å². The summed E-state index contributed by atoms with van der Waals surface area (Å²) in [6.07, 6.45) is 1.81. The molecule has 0 fully saturated rings. The van der Waals surface area contributed by atoms with E-state index in [0.717, 1.165) is 22.0 Å². The van der Waals surface area contributed by atoms with Gasteiger partial charge in [-0.3, -0.25) is 9.78 Å². The van der Waals surface area contributed by atoms with Gasteiger partial charge in [-0.1, -0.05) is 31.3 Å². The maximum absolute atomic E-state index is 12.4. The average Bonchev–Trinajstić information content (AvgIpc) is 3.19. The molecule has 8 heteroatoms. The molecule has 7 nitrogen and oxygen atoms in total. The molecule has 2 heterocycles. The van der Waals surface area contributed by atoms with E-state index in [-0.39, 0.29) is 11.9 Å². The zero-order chi connectivity index (χ0) is 20.8. The predicted molar refractivity (Wildman–Crippen MR) is 114 cm³/mol. The second-order valence-corrected chi connectivity index (χ2v) is 8.05. The molecule has 0 aliphatic carbocycles. The number of methoxy groups -OCH3 is 1. The Hall–Kier alpha value is -2.84. The fourth-order valence-electron chi connectivity index (χ4n) is 2.94. The third-order valence-electron chi connectivity index (χ3n) is 4.49. The first kappa shape index (κ1) is 20.9. The summed E-state index contributed by atoms with van der Waals surface area (Å²) in [6.45, 7) is 6.89. The van der Waals surface area contributed by atoms with Crippen LogP contribution >= 0.6 is 11.3 Å². The zero-order valence-corrected chi connectivity index (χ0v) is 17.8. The lowest BCUT2D eigenvalue weighted by Gasteiger charge is -2.22. The lowest BCUT2D eigenvalue weighted by molar-refractivity contribution is 0.102. The molecule has 152 valence electrons. The molecule has 29 heavy (non-hydrogen) atoms. The summed E-state index contributed by atoms with van der Waals surface area (Å²) in [5, 5.41) is 15.6. The van der Waals surface area contributed by atoms with E-state index in [9.17, 15) is 4.79 Å². The minimum atomic E-state index is -0.278. The van der Waals surface area contributed by atoms with E-state index in [1.54, 1.807) is 31.4 Å². The van der Waals surface area contributed by atoms with Gasteiger partial charge in [0.2, 0.25) is 5.01 Å². The SMILES string of the molecule is COc1ccc(NC(=O)c2nnc(CNC(c3ncccc3C)C(C)C)s2)cc1. The minimum Gasteiger partial charge on any atom is -0.497 e. The summed E-state index contributed by atoms with van der Waals surface area (Å²) in [6, 6.07) is 11.2. The molecule has 0 bridgehead atoms. The molecular formula is C21H25N5O2S. The van der Waals surface area contributed by atoms with Crippen molar-refractivity contribution in [2.24, 2.45) is 5.92 Å². The van der Waals surface area contributed by atoms with Crippen LogP contribution in [-0.2, 0) is 6.54 Å². The number of carbonyl (C=O) groups is 1. The highest BCUT2D eigenvalue weighted by Crippen LogP contribution is 2.24. The Labute approximate surface area is 174 Å². The fourth-order valence-corrected chi connectivity index (χ4v) is 3.63. The van der Waals surface area contributed by atoms with Crippen LogP contribution in [-0.4, -0.2) is 28.2 Å².